The first-order valence-corrected chi connectivity index (χ1v) is 10.0. The summed E-state index contributed by atoms with van der Waals surface area (Å²) in [7, 11) is 4.01. The van der Waals surface area contributed by atoms with Gasteiger partial charge in [0.1, 0.15) is 6.26 Å². The van der Waals surface area contributed by atoms with Crippen LogP contribution in [-0.2, 0) is 19.6 Å². The van der Waals surface area contributed by atoms with Gasteiger partial charge in [-0.15, -0.1) is 0 Å². The third-order valence-electron chi connectivity index (χ3n) is 5.19. The van der Waals surface area contributed by atoms with Crippen LogP contribution in [0.1, 0.15) is 23.7 Å². The van der Waals surface area contributed by atoms with Crippen molar-refractivity contribution in [3.05, 3.63) is 53.4 Å². The highest BCUT2D eigenvalue weighted by Crippen LogP contribution is 2.10. The van der Waals surface area contributed by atoms with Gasteiger partial charge in [0.05, 0.1) is 5.69 Å². The van der Waals surface area contributed by atoms with Crippen LogP contribution in [0.15, 0.2) is 46.1 Å². The largest absolute Gasteiger partial charge is 0.364 e. The molecule has 0 radical (unpaired) electrons. The van der Waals surface area contributed by atoms with E-state index in [2.05, 4.69) is 68.4 Å². The summed E-state index contributed by atoms with van der Waals surface area (Å²) in [5.74, 6) is 0.970. The topological polar surface area (TPSA) is 60.1 Å². The van der Waals surface area contributed by atoms with Crippen molar-refractivity contribution in [3.63, 3.8) is 0 Å². The lowest BCUT2D eigenvalue weighted by Crippen LogP contribution is -2.52. The predicted octanol–water partition coefficient (Wildman–Crippen LogP) is 2.02. The number of guanidine groups is 1. The minimum atomic E-state index is 0.787. The molecule has 28 heavy (non-hydrogen) atoms. The van der Waals surface area contributed by atoms with Crippen molar-refractivity contribution in [2.75, 3.05) is 46.8 Å². The van der Waals surface area contributed by atoms with Crippen molar-refractivity contribution >= 4 is 5.96 Å². The van der Waals surface area contributed by atoms with Gasteiger partial charge >= 0.3 is 0 Å². The number of hydrogen-bond donors (Lipinski definition) is 1. The Kier molecular flexibility index (Phi) is 7.45. The Morgan fingerprint density at radius 3 is 2.68 bits per heavy atom. The Morgan fingerprint density at radius 1 is 1.21 bits per heavy atom. The van der Waals surface area contributed by atoms with Crippen LogP contribution in [0.2, 0.25) is 0 Å². The average molecular weight is 385 g/mol. The van der Waals surface area contributed by atoms with E-state index in [1.807, 2.05) is 13.1 Å². The van der Waals surface area contributed by atoms with E-state index in [4.69, 9.17) is 4.52 Å². The molecule has 1 aliphatic rings. The Bertz CT molecular complexity index is 737. The quantitative estimate of drug-likeness (QED) is 0.582. The van der Waals surface area contributed by atoms with Gasteiger partial charge in [0.2, 0.25) is 0 Å². The van der Waals surface area contributed by atoms with Crippen LogP contribution in [0.3, 0.4) is 0 Å². The van der Waals surface area contributed by atoms with E-state index in [0.29, 0.717) is 0 Å². The molecule has 0 spiro atoms. The van der Waals surface area contributed by atoms with Crippen molar-refractivity contribution in [2.45, 2.75) is 26.6 Å². The maximum Gasteiger partial charge on any atom is 0.194 e. The third kappa shape index (κ3) is 5.81. The molecule has 1 aromatic carbocycles. The van der Waals surface area contributed by atoms with Crippen molar-refractivity contribution in [2.24, 2.45) is 4.99 Å². The number of nitrogens with one attached hydrogen (secondary N) is 1. The van der Waals surface area contributed by atoms with Gasteiger partial charge in [-0.25, -0.2) is 0 Å². The summed E-state index contributed by atoms with van der Waals surface area (Å²) in [5.41, 5.74) is 3.62. The molecular formula is C21H32N6O. The fraction of sp³-hybridized carbons (Fsp3) is 0.524. The van der Waals surface area contributed by atoms with Gasteiger partial charge < -0.3 is 19.6 Å². The van der Waals surface area contributed by atoms with E-state index in [1.54, 1.807) is 6.26 Å². The summed E-state index contributed by atoms with van der Waals surface area (Å²) in [6.07, 6.45) is 1.63. The number of benzene rings is 1. The summed E-state index contributed by atoms with van der Waals surface area (Å²) in [5, 5.41) is 7.53. The fourth-order valence-corrected chi connectivity index (χ4v) is 3.44. The Morgan fingerprint density at radius 2 is 2.00 bits per heavy atom. The van der Waals surface area contributed by atoms with E-state index < -0.39 is 0 Å². The second-order valence-corrected chi connectivity index (χ2v) is 7.31. The smallest absolute Gasteiger partial charge is 0.194 e. The number of piperazine rings is 1. The lowest BCUT2D eigenvalue weighted by atomic mass is 10.1. The van der Waals surface area contributed by atoms with Gasteiger partial charge in [0.25, 0.3) is 0 Å². The van der Waals surface area contributed by atoms with Gasteiger partial charge in [0.15, 0.2) is 5.96 Å². The zero-order valence-corrected chi connectivity index (χ0v) is 17.3. The molecule has 3 rings (SSSR count). The first-order valence-electron chi connectivity index (χ1n) is 10.0. The van der Waals surface area contributed by atoms with Crippen LogP contribution in [0, 0.1) is 0 Å². The normalized spacial score (nSPS) is 16.0. The molecule has 1 fully saturated rings. The number of rotatable bonds is 7. The summed E-state index contributed by atoms with van der Waals surface area (Å²) in [6, 6.07) is 10.7. The van der Waals surface area contributed by atoms with Crippen LogP contribution in [0.4, 0.5) is 0 Å². The molecule has 7 heteroatoms. The summed E-state index contributed by atoms with van der Waals surface area (Å²) in [6.45, 7) is 9.74. The Balaban J connectivity index is 1.48. The SMILES string of the molecule is CCN(C)Cc1cccc(CNC(=NC)N2CCN(Cc3ccon3)CC2)c1. The lowest BCUT2D eigenvalue weighted by Gasteiger charge is -2.36. The number of aromatic nitrogens is 1. The number of hydrogen-bond acceptors (Lipinski definition) is 5. The van der Waals surface area contributed by atoms with Crippen molar-refractivity contribution < 1.29 is 4.52 Å². The van der Waals surface area contributed by atoms with Crippen molar-refractivity contribution in [3.8, 4) is 0 Å². The molecule has 2 aromatic rings. The zero-order chi connectivity index (χ0) is 19.8. The highest BCUT2D eigenvalue weighted by molar-refractivity contribution is 5.80. The van der Waals surface area contributed by atoms with Crippen LogP contribution in [-0.4, -0.2) is 72.6 Å². The molecule has 0 saturated carbocycles. The minimum Gasteiger partial charge on any atom is -0.364 e. The molecule has 1 aromatic heterocycles. The molecule has 152 valence electrons. The predicted molar refractivity (Wildman–Crippen MR) is 112 cm³/mol. The molecule has 0 bridgehead atoms. The second kappa shape index (κ2) is 10.2. The molecule has 1 aliphatic heterocycles. The molecule has 1 saturated heterocycles. The molecule has 0 amide bonds. The van der Waals surface area contributed by atoms with E-state index in [-0.39, 0.29) is 0 Å². The molecule has 2 heterocycles. The van der Waals surface area contributed by atoms with Crippen molar-refractivity contribution in [1.29, 1.82) is 0 Å². The first-order chi connectivity index (χ1) is 13.7. The molecule has 0 atom stereocenters. The highest BCUT2D eigenvalue weighted by Gasteiger charge is 2.20. The third-order valence-corrected chi connectivity index (χ3v) is 5.19. The average Bonchev–Trinajstić information content (AvgIpc) is 3.23. The molecule has 0 aliphatic carbocycles. The van der Waals surface area contributed by atoms with E-state index in [9.17, 15) is 0 Å². The maximum absolute atomic E-state index is 4.92. The maximum atomic E-state index is 4.92. The first kappa shape index (κ1) is 20.4. The fourth-order valence-electron chi connectivity index (χ4n) is 3.44. The molecule has 0 unspecified atom stereocenters. The molecule has 7 nitrogen and oxygen atoms in total. The zero-order valence-electron chi connectivity index (χ0n) is 17.3. The van der Waals surface area contributed by atoms with E-state index in [1.165, 1.54) is 11.1 Å². The Labute approximate surface area is 168 Å². The summed E-state index contributed by atoms with van der Waals surface area (Å²) < 4.78 is 4.92. The van der Waals surface area contributed by atoms with Crippen LogP contribution in [0.25, 0.3) is 0 Å². The van der Waals surface area contributed by atoms with Crippen LogP contribution in [0.5, 0.6) is 0 Å². The molecular weight excluding hydrogens is 352 g/mol. The van der Waals surface area contributed by atoms with Crippen molar-refractivity contribution in [1.82, 2.24) is 25.2 Å². The monoisotopic (exact) mass is 384 g/mol. The minimum absolute atomic E-state index is 0.787. The van der Waals surface area contributed by atoms with Gasteiger partial charge in [-0.05, 0) is 24.7 Å². The van der Waals surface area contributed by atoms with Gasteiger partial charge in [-0.2, -0.15) is 0 Å². The van der Waals surface area contributed by atoms with Crippen LogP contribution < -0.4 is 5.32 Å². The summed E-state index contributed by atoms with van der Waals surface area (Å²) in [4.78, 5) is 11.5. The van der Waals surface area contributed by atoms with Gasteiger partial charge in [-0.1, -0.05) is 36.3 Å². The van der Waals surface area contributed by atoms with Crippen LogP contribution >= 0.6 is 0 Å². The van der Waals surface area contributed by atoms with E-state index in [0.717, 1.165) is 64.0 Å². The standard InChI is InChI=1S/C21H32N6O/c1-4-25(3)16-19-7-5-6-18(14-19)15-23-21(22-2)27-11-9-26(10-12-27)17-20-8-13-28-24-20/h5-8,13-14H,4,9-12,15-17H2,1-3H3,(H,22,23). The van der Waals surface area contributed by atoms with Gasteiger partial charge in [0, 0.05) is 58.9 Å². The molecule has 1 N–H and O–H groups in total. The number of aliphatic imine (C=N–C) groups is 1. The lowest BCUT2D eigenvalue weighted by molar-refractivity contribution is 0.169. The number of nitrogens with zero attached hydrogens (tertiary/aromatic N) is 5. The Hall–Kier alpha value is -2.38. The van der Waals surface area contributed by atoms with Gasteiger partial charge in [-0.3, -0.25) is 9.89 Å². The summed E-state index contributed by atoms with van der Waals surface area (Å²) >= 11 is 0. The van der Waals surface area contributed by atoms with E-state index >= 15 is 0 Å². The second-order valence-electron chi connectivity index (χ2n) is 7.31. The highest BCUT2D eigenvalue weighted by atomic mass is 16.5.